The summed E-state index contributed by atoms with van der Waals surface area (Å²) in [6.45, 7) is 3.73. The van der Waals surface area contributed by atoms with Gasteiger partial charge in [-0.25, -0.2) is 14.1 Å². The number of nitrogens with zero attached hydrogens (tertiary/aromatic N) is 1. The van der Waals surface area contributed by atoms with Crippen LogP contribution in [0.2, 0.25) is 0 Å². The monoisotopic (exact) mass is 558 g/mol. The highest BCUT2D eigenvalue weighted by Crippen LogP contribution is 2.53. The minimum Gasteiger partial charge on any atom is -0.490 e. The first kappa shape index (κ1) is 26.0. The largest absolute Gasteiger partial charge is 0.490 e. The van der Waals surface area contributed by atoms with E-state index in [1.807, 2.05) is 0 Å². The van der Waals surface area contributed by atoms with Crippen LogP contribution in [0.15, 0.2) is 52.3 Å². The summed E-state index contributed by atoms with van der Waals surface area (Å²) < 4.78 is 29.8. The molecule has 3 heterocycles. The number of halogens is 1. The third-order valence-corrected chi connectivity index (χ3v) is 8.59. The fourth-order valence-corrected chi connectivity index (χ4v) is 7.18. The summed E-state index contributed by atoms with van der Waals surface area (Å²) in [6.07, 6.45) is 0. The molecule has 2 aromatic carbocycles. The molecule has 2 aliphatic rings. The van der Waals surface area contributed by atoms with Crippen molar-refractivity contribution in [3.05, 3.63) is 68.4 Å². The number of ether oxygens (including phenoxy) is 3. The summed E-state index contributed by atoms with van der Waals surface area (Å²) in [5.74, 6) is -2.64. The zero-order chi connectivity index (χ0) is 27.0. The van der Waals surface area contributed by atoms with Gasteiger partial charge in [0.25, 0.3) is 0 Å². The smallest absolute Gasteiger partial charge is 0.344 e. The molecule has 2 aliphatic heterocycles. The van der Waals surface area contributed by atoms with Crippen molar-refractivity contribution >= 4 is 46.6 Å². The molecule has 2 amide bonds. The van der Waals surface area contributed by atoms with Gasteiger partial charge in [0.1, 0.15) is 11.1 Å². The zero-order valence-corrected chi connectivity index (χ0v) is 22.0. The van der Waals surface area contributed by atoms with Gasteiger partial charge in [0.15, 0.2) is 18.1 Å². The summed E-state index contributed by atoms with van der Waals surface area (Å²) in [4.78, 5) is 55.5. The number of H-pyrrole nitrogens is 1. The highest BCUT2D eigenvalue weighted by molar-refractivity contribution is 8.00. The Balaban J connectivity index is 1.55. The Kier molecular flexibility index (Phi) is 7.26. The lowest BCUT2D eigenvalue weighted by molar-refractivity contribution is -0.145. The molecular weight excluding hydrogens is 535 g/mol. The highest BCUT2D eigenvalue weighted by Gasteiger charge is 2.56. The zero-order valence-electron chi connectivity index (χ0n) is 20.4. The fourth-order valence-electron chi connectivity index (χ4n) is 4.67. The van der Waals surface area contributed by atoms with Crippen LogP contribution in [0, 0.1) is 11.7 Å². The standard InChI is InChI=1S/C26H23FN2O7S2/c1-3-34-17-11-13(5-10-16(17)36-12-18(30)35-4-2)19-20-22(37-23-21(19)38-26(33)28-23)25(32)29(24(20)31)15-8-6-14(27)7-9-15/h5-11,19-20,22H,3-4,12H2,1-2H3,(H,28,33). The number of rotatable bonds is 8. The van der Waals surface area contributed by atoms with Crippen LogP contribution < -0.4 is 19.2 Å². The summed E-state index contributed by atoms with van der Waals surface area (Å²) in [7, 11) is 0. The van der Waals surface area contributed by atoms with Crippen LogP contribution in [-0.2, 0) is 19.1 Å². The summed E-state index contributed by atoms with van der Waals surface area (Å²) in [5.41, 5.74) is 0.926. The number of aromatic nitrogens is 1. The number of anilines is 1. The Morgan fingerprint density at radius 1 is 1.00 bits per heavy atom. The molecule has 1 aromatic heterocycles. The van der Waals surface area contributed by atoms with E-state index in [0.717, 1.165) is 28.0 Å². The maximum Gasteiger partial charge on any atom is 0.344 e. The van der Waals surface area contributed by atoms with E-state index in [4.69, 9.17) is 14.2 Å². The molecule has 3 unspecified atom stereocenters. The maximum absolute atomic E-state index is 13.8. The van der Waals surface area contributed by atoms with Gasteiger partial charge in [0.05, 0.1) is 29.8 Å². The molecule has 1 fully saturated rings. The lowest BCUT2D eigenvalue weighted by Gasteiger charge is -2.30. The summed E-state index contributed by atoms with van der Waals surface area (Å²) in [6, 6.07) is 10.2. The number of carbonyl (C=O) groups excluding carboxylic acids is 3. The van der Waals surface area contributed by atoms with Crippen molar-refractivity contribution in [2.45, 2.75) is 30.0 Å². The van der Waals surface area contributed by atoms with Gasteiger partial charge in [-0.3, -0.25) is 14.4 Å². The van der Waals surface area contributed by atoms with Crippen molar-refractivity contribution in [2.75, 3.05) is 24.7 Å². The second kappa shape index (κ2) is 10.6. The predicted octanol–water partition coefficient (Wildman–Crippen LogP) is 3.71. The number of esters is 1. The first-order chi connectivity index (χ1) is 18.3. The molecule has 9 nitrogen and oxygen atoms in total. The van der Waals surface area contributed by atoms with Gasteiger partial charge in [-0.2, -0.15) is 0 Å². The van der Waals surface area contributed by atoms with E-state index in [9.17, 15) is 23.6 Å². The molecule has 1 saturated heterocycles. The molecule has 3 aromatic rings. The lowest BCUT2D eigenvalue weighted by Crippen LogP contribution is -2.32. The van der Waals surface area contributed by atoms with Gasteiger partial charge in [-0.05, 0) is 55.8 Å². The number of hydrogen-bond acceptors (Lipinski definition) is 9. The van der Waals surface area contributed by atoms with Gasteiger partial charge in [-0.1, -0.05) is 29.2 Å². The number of benzene rings is 2. The second-order valence-corrected chi connectivity index (χ2v) is 10.6. The molecule has 1 N–H and O–H groups in total. The van der Waals surface area contributed by atoms with Gasteiger partial charge in [0, 0.05) is 10.8 Å². The predicted molar refractivity (Wildman–Crippen MR) is 139 cm³/mol. The molecule has 0 radical (unpaired) electrons. The molecule has 5 rings (SSSR count). The Labute approximate surface area is 224 Å². The van der Waals surface area contributed by atoms with Crippen molar-refractivity contribution in [3.8, 4) is 11.5 Å². The van der Waals surface area contributed by atoms with E-state index >= 15 is 0 Å². The molecule has 3 atom stereocenters. The van der Waals surface area contributed by atoms with E-state index in [-0.39, 0.29) is 23.8 Å². The van der Waals surface area contributed by atoms with Crippen LogP contribution in [0.25, 0.3) is 0 Å². The van der Waals surface area contributed by atoms with Crippen LogP contribution in [0.4, 0.5) is 10.1 Å². The number of nitrogens with one attached hydrogen (secondary N) is 1. The fraction of sp³-hybridized carbons (Fsp3) is 0.308. The van der Waals surface area contributed by atoms with Crippen molar-refractivity contribution in [1.29, 1.82) is 0 Å². The highest BCUT2D eigenvalue weighted by atomic mass is 32.2. The van der Waals surface area contributed by atoms with Crippen molar-refractivity contribution < 1.29 is 33.0 Å². The number of hydrogen-bond donors (Lipinski definition) is 1. The first-order valence-corrected chi connectivity index (χ1v) is 13.6. The Morgan fingerprint density at radius 2 is 1.76 bits per heavy atom. The Morgan fingerprint density at radius 3 is 2.47 bits per heavy atom. The van der Waals surface area contributed by atoms with Crippen LogP contribution >= 0.6 is 23.1 Å². The van der Waals surface area contributed by atoms with Gasteiger partial charge < -0.3 is 19.2 Å². The minimum atomic E-state index is -0.808. The van der Waals surface area contributed by atoms with Crippen molar-refractivity contribution in [3.63, 3.8) is 0 Å². The second-order valence-electron chi connectivity index (χ2n) is 8.47. The molecule has 198 valence electrons. The number of thiazole rings is 1. The van der Waals surface area contributed by atoms with Crippen LogP contribution in [-0.4, -0.2) is 47.8 Å². The third kappa shape index (κ3) is 4.69. The summed E-state index contributed by atoms with van der Waals surface area (Å²) >= 11 is 2.15. The van der Waals surface area contributed by atoms with Crippen molar-refractivity contribution in [1.82, 2.24) is 4.98 Å². The van der Waals surface area contributed by atoms with Crippen LogP contribution in [0.3, 0.4) is 0 Å². The Hall–Kier alpha value is -3.64. The molecular formula is C26H23FN2O7S2. The number of aromatic amines is 1. The minimum absolute atomic E-state index is 0.227. The lowest BCUT2D eigenvalue weighted by atomic mass is 9.83. The number of carbonyl (C=O) groups is 3. The van der Waals surface area contributed by atoms with E-state index < -0.39 is 40.7 Å². The van der Waals surface area contributed by atoms with E-state index in [2.05, 4.69) is 4.98 Å². The van der Waals surface area contributed by atoms with Gasteiger partial charge >= 0.3 is 10.8 Å². The number of amides is 2. The van der Waals surface area contributed by atoms with E-state index in [1.54, 1.807) is 32.0 Å². The quantitative estimate of drug-likeness (QED) is 0.329. The molecule has 0 spiro atoms. The summed E-state index contributed by atoms with van der Waals surface area (Å²) in [5, 5.41) is -0.250. The molecule has 0 saturated carbocycles. The molecule has 0 bridgehead atoms. The molecule has 12 heteroatoms. The van der Waals surface area contributed by atoms with Crippen LogP contribution in [0.1, 0.15) is 30.2 Å². The van der Waals surface area contributed by atoms with Gasteiger partial charge in [-0.15, -0.1) is 0 Å². The number of thioether (sulfide) groups is 1. The van der Waals surface area contributed by atoms with Crippen molar-refractivity contribution in [2.24, 2.45) is 5.92 Å². The van der Waals surface area contributed by atoms with E-state index in [1.165, 1.54) is 24.3 Å². The maximum atomic E-state index is 13.8. The number of fused-ring (bicyclic) bond motifs is 2. The average molecular weight is 559 g/mol. The first-order valence-electron chi connectivity index (χ1n) is 11.9. The molecule has 38 heavy (non-hydrogen) atoms. The average Bonchev–Trinajstić information content (AvgIpc) is 3.38. The van der Waals surface area contributed by atoms with Gasteiger partial charge in [0.2, 0.25) is 11.8 Å². The SMILES string of the molecule is CCOC(=O)COc1ccc(C2c3sc(=O)[nH]c3SC3C(=O)N(c4ccc(F)cc4)C(=O)C32)cc1OCC. The third-order valence-electron chi connectivity index (χ3n) is 6.19. The number of imide groups is 1. The Bertz CT molecular complexity index is 1450. The van der Waals surface area contributed by atoms with Crippen LogP contribution in [0.5, 0.6) is 11.5 Å². The normalized spacial score (nSPS) is 20.2. The molecule has 0 aliphatic carbocycles. The van der Waals surface area contributed by atoms with E-state index in [0.29, 0.717) is 33.6 Å². The topological polar surface area (TPSA) is 115 Å².